The minimum Gasteiger partial charge on any atom is -0.386 e. The van der Waals surface area contributed by atoms with Crippen molar-refractivity contribution in [1.82, 2.24) is 0 Å². The molecule has 0 amide bonds. The van der Waals surface area contributed by atoms with E-state index in [1.807, 2.05) is 86.7 Å². The average molecular weight is 453 g/mol. The molecule has 0 aromatic heterocycles. The highest BCUT2D eigenvalue weighted by molar-refractivity contribution is 5.22. The van der Waals surface area contributed by atoms with Crippen molar-refractivity contribution in [3.63, 3.8) is 0 Å². The van der Waals surface area contributed by atoms with Gasteiger partial charge in [-0.05, 0) is 37.8 Å². The zero-order chi connectivity index (χ0) is 22.9. The number of benzene rings is 2. The zero-order valence-corrected chi connectivity index (χ0v) is 19.2. The molecular weight excluding hydrogens is 420 g/mol. The first-order chi connectivity index (χ1) is 15.9. The van der Waals surface area contributed by atoms with Crippen molar-refractivity contribution in [2.75, 3.05) is 6.61 Å². The van der Waals surface area contributed by atoms with Crippen molar-refractivity contribution in [2.24, 2.45) is 0 Å². The Kier molecular flexibility index (Phi) is 6.16. The number of aliphatic hydroxyl groups is 1. The van der Waals surface area contributed by atoms with E-state index >= 15 is 0 Å². The quantitative estimate of drug-likeness (QED) is 0.608. The molecule has 2 unspecified atom stereocenters. The van der Waals surface area contributed by atoms with Crippen molar-refractivity contribution >= 4 is 0 Å². The third-order valence-electron chi connectivity index (χ3n) is 6.74. The molecule has 0 bridgehead atoms. The Bertz CT molecular complexity index is 951. The molecular formula is C27H32O6. The lowest BCUT2D eigenvalue weighted by Crippen LogP contribution is -2.64. The molecule has 5 rings (SSSR count). The highest BCUT2D eigenvalue weighted by Crippen LogP contribution is 2.51. The van der Waals surface area contributed by atoms with Gasteiger partial charge in [-0.1, -0.05) is 72.8 Å². The summed E-state index contributed by atoms with van der Waals surface area (Å²) >= 11 is 0. The topological polar surface area (TPSA) is 66.4 Å². The maximum absolute atomic E-state index is 11.8. The number of rotatable bonds is 8. The Morgan fingerprint density at radius 3 is 2.09 bits per heavy atom. The Morgan fingerprint density at radius 1 is 0.848 bits per heavy atom. The smallest absolute Gasteiger partial charge is 0.190 e. The van der Waals surface area contributed by atoms with E-state index in [1.165, 1.54) is 0 Å². The first-order valence-corrected chi connectivity index (χ1v) is 11.6. The van der Waals surface area contributed by atoms with Crippen molar-refractivity contribution < 1.29 is 28.8 Å². The molecule has 6 nitrogen and oxygen atoms in total. The van der Waals surface area contributed by atoms with E-state index in [0.717, 1.165) is 11.1 Å². The molecule has 2 heterocycles. The van der Waals surface area contributed by atoms with Crippen LogP contribution in [-0.4, -0.2) is 47.2 Å². The molecule has 2 fully saturated rings. The second kappa shape index (κ2) is 8.95. The van der Waals surface area contributed by atoms with Gasteiger partial charge in [0.15, 0.2) is 17.7 Å². The second-order valence-electron chi connectivity index (χ2n) is 9.58. The van der Waals surface area contributed by atoms with Crippen LogP contribution in [0.15, 0.2) is 72.8 Å². The van der Waals surface area contributed by atoms with Gasteiger partial charge >= 0.3 is 0 Å². The van der Waals surface area contributed by atoms with Crippen molar-refractivity contribution in [2.45, 2.75) is 75.4 Å². The minimum atomic E-state index is -1.19. The molecule has 2 aromatic rings. The number of ether oxygens (including phenoxy) is 5. The van der Waals surface area contributed by atoms with Crippen LogP contribution in [-0.2, 0) is 36.9 Å². The van der Waals surface area contributed by atoms with Gasteiger partial charge in [0.2, 0.25) is 0 Å². The summed E-state index contributed by atoms with van der Waals surface area (Å²) in [6.45, 7) is 4.65. The van der Waals surface area contributed by atoms with Gasteiger partial charge in [0, 0.05) is 0 Å². The average Bonchev–Trinajstić information content (AvgIpc) is 3.46. The van der Waals surface area contributed by atoms with Crippen LogP contribution in [0.25, 0.3) is 0 Å². The lowest BCUT2D eigenvalue weighted by Gasteiger charge is -2.46. The van der Waals surface area contributed by atoms with Gasteiger partial charge in [0.1, 0.15) is 17.8 Å². The standard InChI is InChI=1S/C27H32O6/c1-25(2)31-22-23(30-18-21-13-7-4-8-14-21)27(33-24(22)32-25,26(28)15-9-10-16-26)19-29-17-20-11-5-3-6-12-20/h3-14,22-24,28H,15-19H2,1-2H3/t22?,23?,24-,27+/m0/s1. The molecule has 0 radical (unpaired) electrons. The third kappa shape index (κ3) is 4.39. The fraction of sp³-hybridized carbons (Fsp3) is 0.481. The predicted molar refractivity (Wildman–Crippen MR) is 122 cm³/mol. The fourth-order valence-corrected chi connectivity index (χ4v) is 5.09. The largest absolute Gasteiger partial charge is 0.386 e. The third-order valence-corrected chi connectivity index (χ3v) is 6.74. The summed E-state index contributed by atoms with van der Waals surface area (Å²) in [4.78, 5) is 0. The van der Waals surface area contributed by atoms with Gasteiger partial charge in [-0.15, -0.1) is 0 Å². The van der Waals surface area contributed by atoms with Crippen molar-refractivity contribution in [1.29, 1.82) is 0 Å². The molecule has 2 saturated heterocycles. The number of hydrogen-bond donors (Lipinski definition) is 1. The Hall–Kier alpha value is -2.06. The van der Waals surface area contributed by atoms with Crippen LogP contribution < -0.4 is 0 Å². The van der Waals surface area contributed by atoms with Gasteiger partial charge in [-0.3, -0.25) is 0 Å². The first-order valence-electron chi connectivity index (χ1n) is 11.6. The second-order valence-corrected chi connectivity index (χ2v) is 9.58. The van der Waals surface area contributed by atoms with E-state index in [-0.39, 0.29) is 6.61 Å². The SMILES string of the molecule is CC1(C)OC2C(OCc3ccccc3)[C@](COCc3ccccc3)(C3(O)CC=CC3)O[C@@H]2O1. The van der Waals surface area contributed by atoms with E-state index < -0.39 is 35.5 Å². The lowest BCUT2D eigenvalue weighted by atomic mass is 9.76. The van der Waals surface area contributed by atoms with Crippen LogP contribution in [0, 0.1) is 0 Å². The molecule has 6 heteroatoms. The highest BCUT2D eigenvalue weighted by Gasteiger charge is 2.69. The molecule has 2 aromatic carbocycles. The van der Waals surface area contributed by atoms with Gasteiger partial charge in [0.05, 0.1) is 19.8 Å². The summed E-state index contributed by atoms with van der Waals surface area (Å²) in [5.74, 6) is -0.794. The lowest BCUT2D eigenvalue weighted by molar-refractivity contribution is -0.295. The Balaban J connectivity index is 1.43. The molecule has 33 heavy (non-hydrogen) atoms. The van der Waals surface area contributed by atoms with Crippen LogP contribution in [0.2, 0.25) is 0 Å². The van der Waals surface area contributed by atoms with Gasteiger partial charge in [-0.25, -0.2) is 0 Å². The van der Waals surface area contributed by atoms with Crippen LogP contribution in [0.5, 0.6) is 0 Å². The van der Waals surface area contributed by atoms with Gasteiger partial charge in [0.25, 0.3) is 0 Å². The van der Waals surface area contributed by atoms with Crippen LogP contribution in [0.3, 0.4) is 0 Å². The van der Waals surface area contributed by atoms with E-state index in [4.69, 9.17) is 23.7 Å². The monoisotopic (exact) mass is 452 g/mol. The summed E-state index contributed by atoms with van der Waals surface area (Å²) in [5, 5.41) is 11.8. The van der Waals surface area contributed by atoms with Gasteiger partial charge in [-0.2, -0.15) is 0 Å². The summed E-state index contributed by atoms with van der Waals surface area (Å²) < 4.78 is 31.5. The summed E-state index contributed by atoms with van der Waals surface area (Å²) in [6, 6.07) is 19.9. The summed E-state index contributed by atoms with van der Waals surface area (Å²) in [6.07, 6.45) is 3.17. The molecule has 176 valence electrons. The number of fused-ring (bicyclic) bond motifs is 1. The number of hydrogen-bond acceptors (Lipinski definition) is 6. The molecule has 1 aliphatic carbocycles. The maximum atomic E-state index is 11.8. The van der Waals surface area contributed by atoms with E-state index in [2.05, 4.69) is 0 Å². The summed E-state index contributed by atoms with van der Waals surface area (Å²) in [7, 11) is 0. The molecule has 1 N–H and O–H groups in total. The molecule has 4 atom stereocenters. The molecule has 3 aliphatic rings. The van der Waals surface area contributed by atoms with E-state index in [9.17, 15) is 5.11 Å². The van der Waals surface area contributed by atoms with Crippen molar-refractivity contribution in [3.05, 3.63) is 83.9 Å². The Morgan fingerprint density at radius 2 is 1.45 bits per heavy atom. The van der Waals surface area contributed by atoms with E-state index in [1.54, 1.807) is 0 Å². The van der Waals surface area contributed by atoms with Gasteiger partial charge < -0.3 is 28.8 Å². The van der Waals surface area contributed by atoms with Crippen molar-refractivity contribution in [3.8, 4) is 0 Å². The first kappa shape index (κ1) is 22.7. The molecule has 2 aliphatic heterocycles. The van der Waals surface area contributed by atoms with Crippen LogP contribution >= 0.6 is 0 Å². The zero-order valence-electron chi connectivity index (χ0n) is 19.2. The Labute approximate surface area is 195 Å². The van der Waals surface area contributed by atoms with E-state index in [0.29, 0.717) is 26.1 Å². The normalized spacial score (nSPS) is 31.7. The maximum Gasteiger partial charge on any atom is 0.190 e. The highest BCUT2D eigenvalue weighted by atomic mass is 16.8. The fourth-order valence-electron chi connectivity index (χ4n) is 5.09. The molecule has 0 saturated carbocycles. The van der Waals surface area contributed by atoms with Crippen LogP contribution in [0.1, 0.15) is 37.8 Å². The minimum absolute atomic E-state index is 0.152. The van der Waals surface area contributed by atoms with Crippen LogP contribution in [0.4, 0.5) is 0 Å². The molecule has 0 spiro atoms. The summed E-state index contributed by atoms with van der Waals surface area (Å²) in [5.41, 5.74) is -0.245. The predicted octanol–water partition coefficient (Wildman–Crippen LogP) is 4.12.